The maximum atomic E-state index is 6.56. The summed E-state index contributed by atoms with van der Waals surface area (Å²) >= 11 is 6.07. The SMILES string of the molecule is Cl.Clc1ccc(CC[C@@]2(Cn3ccnc3)OC[C@H](COc3ccc(C45CC6CC(CC(C6)C4)C5)cc3)O2)cc1. The predicted octanol–water partition coefficient (Wildman–Crippen LogP) is 7.25. The van der Waals surface area contributed by atoms with Gasteiger partial charge >= 0.3 is 0 Å². The first-order valence-electron chi connectivity index (χ1n) is 14.3. The topological polar surface area (TPSA) is 45.5 Å². The van der Waals surface area contributed by atoms with Crippen LogP contribution in [0.1, 0.15) is 56.1 Å². The Morgan fingerprint density at radius 1 is 0.949 bits per heavy atom. The van der Waals surface area contributed by atoms with Crippen LogP contribution in [0.5, 0.6) is 5.75 Å². The van der Waals surface area contributed by atoms with Crippen molar-refractivity contribution in [2.24, 2.45) is 17.8 Å². The van der Waals surface area contributed by atoms with E-state index in [1.165, 1.54) is 49.7 Å². The van der Waals surface area contributed by atoms with E-state index in [1.54, 1.807) is 6.20 Å². The second-order valence-corrected chi connectivity index (χ2v) is 12.8. The van der Waals surface area contributed by atoms with Gasteiger partial charge in [-0.1, -0.05) is 35.9 Å². The Balaban J connectivity index is 0.00000277. The third kappa shape index (κ3) is 5.74. The molecule has 2 aromatic carbocycles. The number of aromatic nitrogens is 2. The van der Waals surface area contributed by atoms with Crippen LogP contribution in [-0.4, -0.2) is 34.7 Å². The van der Waals surface area contributed by atoms with E-state index in [4.69, 9.17) is 25.8 Å². The van der Waals surface area contributed by atoms with Gasteiger partial charge in [-0.25, -0.2) is 4.98 Å². The van der Waals surface area contributed by atoms with E-state index in [1.807, 2.05) is 29.2 Å². The number of benzene rings is 2. The molecule has 0 N–H and O–H groups in total. The second-order valence-electron chi connectivity index (χ2n) is 12.4. The van der Waals surface area contributed by atoms with Crippen molar-refractivity contribution in [1.29, 1.82) is 0 Å². The molecule has 4 saturated carbocycles. The fraction of sp³-hybridized carbons (Fsp3) is 0.531. The smallest absolute Gasteiger partial charge is 0.187 e. The van der Waals surface area contributed by atoms with Crippen LogP contribution in [0, 0.1) is 17.8 Å². The van der Waals surface area contributed by atoms with E-state index in [9.17, 15) is 0 Å². The fourth-order valence-electron chi connectivity index (χ4n) is 8.19. The average molecular weight is 570 g/mol. The Morgan fingerprint density at radius 2 is 1.64 bits per heavy atom. The van der Waals surface area contributed by atoms with Crippen molar-refractivity contribution in [3.05, 3.63) is 83.4 Å². The number of nitrogens with zero attached hydrogens (tertiary/aromatic N) is 2. The van der Waals surface area contributed by atoms with Crippen molar-refractivity contribution in [2.75, 3.05) is 13.2 Å². The molecule has 208 valence electrons. The van der Waals surface area contributed by atoms with Crippen molar-refractivity contribution in [2.45, 2.75) is 75.2 Å². The van der Waals surface area contributed by atoms with Crippen LogP contribution in [0.25, 0.3) is 0 Å². The standard InChI is InChI=1S/C32H37ClN2O3.ClH/c33-28-5-1-23(2-6-28)9-10-32(21-35-12-11-34-22-35)37-20-30(38-32)19-36-29-7-3-27(4-8-29)31-16-24-13-25(17-31)15-26(14-24)18-31;/h1-8,11-12,22,24-26,30H,9-10,13-21H2;1H/t24?,25?,26?,30-,31?,32+;/m0./s1. The average Bonchev–Trinajstić information content (AvgIpc) is 3.57. The highest BCUT2D eigenvalue weighted by Gasteiger charge is 2.51. The third-order valence-corrected chi connectivity index (χ3v) is 9.80. The van der Waals surface area contributed by atoms with Gasteiger partial charge in [0.1, 0.15) is 18.5 Å². The lowest BCUT2D eigenvalue weighted by Crippen LogP contribution is -2.48. The number of ether oxygens (including phenoxy) is 3. The molecule has 8 rings (SSSR count). The summed E-state index contributed by atoms with van der Waals surface area (Å²) in [6.07, 6.45) is 15.6. The zero-order valence-electron chi connectivity index (χ0n) is 22.3. The van der Waals surface area contributed by atoms with Gasteiger partial charge in [0.05, 0.1) is 19.5 Å². The molecule has 2 heterocycles. The lowest BCUT2D eigenvalue weighted by molar-refractivity contribution is -0.184. The van der Waals surface area contributed by atoms with E-state index < -0.39 is 5.79 Å². The second kappa shape index (κ2) is 11.1. The predicted molar refractivity (Wildman–Crippen MR) is 155 cm³/mol. The van der Waals surface area contributed by atoms with E-state index in [0.29, 0.717) is 25.2 Å². The first kappa shape index (κ1) is 27.1. The molecule has 0 unspecified atom stereocenters. The third-order valence-electron chi connectivity index (χ3n) is 9.55. The molecule has 1 aliphatic heterocycles. The monoisotopic (exact) mass is 568 g/mol. The zero-order valence-corrected chi connectivity index (χ0v) is 23.9. The van der Waals surface area contributed by atoms with E-state index in [0.717, 1.165) is 41.4 Å². The summed E-state index contributed by atoms with van der Waals surface area (Å²) in [6.45, 7) is 1.58. The van der Waals surface area contributed by atoms with Crippen molar-refractivity contribution < 1.29 is 14.2 Å². The Labute approximate surface area is 242 Å². The molecule has 5 fully saturated rings. The Kier molecular flexibility index (Phi) is 7.71. The normalized spacial score (nSPS) is 32.7. The minimum absolute atomic E-state index is 0. The number of imidazole rings is 1. The first-order valence-corrected chi connectivity index (χ1v) is 14.7. The van der Waals surface area contributed by atoms with Crippen LogP contribution in [0.3, 0.4) is 0 Å². The van der Waals surface area contributed by atoms with Gasteiger partial charge in [-0.2, -0.15) is 0 Å². The van der Waals surface area contributed by atoms with Gasteiger partial charge in [0, 0.05) is 23.8 Å². The summed E-state index contributed by atoms with van der Waals surface area (Å²) in [4.78, 5) is 4.20. The summed E-state index contributed by atoms with van der Waals surface area (Å²) in [5.74, 6) is 3.07. The molecule has 39 heavy (non-hydrogen) atoms. The molecular formula is C32H38Cl2N2O3. The van der Waals surface area contributed by atoms with Crippen molar-refractivity contribution in [1.82, 2.24) is 9.55 Å². The summed E-state index contributed by atoms with van der Waals surface area (Å²) in [5.41, 5.74) is 3.17. The molecule has 4 bridgehead atoms. The van der Waals surface area contributed by atoms with Crippen LogP contribution in [0.2, 0.25) is 5.02 Å². The number of rotatable bonds is 9. The highest BCUT2D eigenvalue weighted by molar-refractivity contribution is 6.30. The van der Waals surface area contributed by atoms with Gasteiger partial charge in [-0.3, -0.25) is 0 Å². The maximum absolute atomic E-state index is 6.56. The van der Waals surface area contributed by atoms with E-state index >= 15 is 0 Å². The molecule has 3 aromatic rings. The largest absolute Gasteiger partial charge is 0.491 e. The fourth-order valence-corrected chi connectivity index (χ4v) is 8.32. The summed E-state index contributed by atoms with van der Waals surface area (Å²) in [6, 6.07) is 17.0. The maximum Gasteiger partial charge on any atom is 0.187 e. The van der Waals surface area contributed by atoms with Gasteiger partial charge in [-0.05, 0) is 104 Å². The lowest BCUT2D eigenvalue weighted by atomic mass is 9.48. The van der Waals surface area contributed by atoms with Gasteiger partial charge in [0.15, 0.2) is 5.79 Å². The van der Waals surface area contributed by atoms with Crippen LogP contribution in [0.15, 0.2) is 67.3 Å². The number of hydrogen-bond donors (Lipinski definition) is 0. The molecule has 0 spiro atoms. The molecule has 0 radical (unpaired) electrons. The molecule has 5 nitrogen and oxygen atoms in total. The molecule has 2 atom stereocenters. The number of aryl methyl sites for hydroxylation is 1. The van der Waals surface area contributed by atoms with Crippen molar-refractivity contribution in [3.8, 4) is 5.75 Å². The Bertz CT molecular complexity index is 1200. The van der Waals surface area contributed by atoms with Crippen LogP contribution < -0.4 is 4.74 Å². The van der Waals surface area contributed by atoms with Gasteiger partial charge in [0.2, 0.25) is 0 Å². The number of hydrogen-bond acceptors (Lipinski definition) is 4. The molecule has 0 amide bonds. The van der Waals surface area contributed by atoms with Gasteiger partial charge in [-0.15, -0.1) is 12.4 Å². The van der Waals surface area contributed by atoms with Crippen LogP contribution in [0.4, 0.5) is 0 Å². The summed E-state index contributed by atoms with van der Waals surface area (Å²) in [5, 5.41) is 0.749. The minimum atomic E-state index is -0.712. The van der Waals surface area contributed by atoms with Crippen molar-refractivity contribution in [3.63, 3.8) is 0 Å². The van der Waals surface area contributed by atoms with Crippen LogP contribution >= 0.6 is 24.0 Å². The van der Waals surface area contributed by atoms with E-state index in [-0.39, 0.29) is 18.5 Å². The molecule has 5 aliphatic rings. The Morgan fingerprint density at radius 3 is 2.28 bits per heavy atom. The van der Waals surface area contributed by atoms with Gasteiger partial charge in [0.25, 0.3) is 0 Å². The highest BCUT2D eigenvalue weighted by Crippen LogP contribution is 2.60. The van der Waals surface area contributed by atoms with Crippen molar-refractivity contribution >= 4 is 24.0 Å². The first-order chi connectivity index (χ1) is 18.5. The number of halogens is 2. The molecule has 7 heteroatoms. The van der Waals surface area contributed by atoms with Crippen LogP contribution in [-0.2, 0) is 27.9 Å². The highest BCUT2D eigenvalue weighted by atomic mass is 35.5. The molecule has 1 saturated heterocycles. The lowest BCUT2D eigenvalue weighted by Gasteiger charge is -2.57. The molecular weight excluding hydrogens is 531 g/mol. The summed E-state index contributed by atoms with van der Waals surface area (Å²) < 4.78 is 21.1. The summed E-state index contributed by atoms with van der Waals surface area (Å²) in [7, 11) is 0. The van der Waals surface area contributed by atoms with Gasteiger partial charge < -0.3 is 18.8 Å². The molecule has 4 aliphatic carbocycles. The Hall–Kier alpha value is -2.05. The minimum Gasteiger partial charge on any atom is -0.491 e. The molecule has 1 aromatic heterocycles. The zero-order chi connectivity index (χ0) is 25.6. The quantitative estimate of drug-likeness (QED) is 0.272. The van der Waals surface area contributed by atoms with E-state index in [2.05, 4.69) is 41.4 Å².